The number of aliphatic hydroxyl groups is 1. The maximum atomic E-state index is 12.6. The number of ketones is 1. The summed E-state index contributed by atoms with van der Waals surface area (Å²) in [4.78, 5) is 38.1. The summed E-state index contributed by atoms with van der Waals surface area (Å²) < 4.78 is 10.7. The molecule has 2 N–H and O–H groups in total. The van der Waals surface area contributed by atoms with E-state index < -0.39 is 30.0 Å². The topological polar surface area (TPSA) is 105 Å². The molecule has 2 unspecified atom stereocenters. The van der Waals surface area contributed by atoms with Crippen LogP contribution in [-0.2, 0) is 19.1 Å². The van der Waals surface area contributed by atoms with Gasteiger partial charge >= 0.3 is 17.8 Å². The molecule has 8 nitrogen and oxygen atoms in total. The van der Waals surface area contributed by atoms with Gasteiger partial charge in [-0.1, -0.05) is 18.5 Å². The van der Waals surface area contributed by atoms with E-state index in [1.54, 1.807) is 60.4 Å². The maximum Gasteiger partial charge on any atom is 0.350 e. The van der Waals surface area contributed by atoms with Gasteiger partial charge in [-0.15, -0.1) is 0 Å². The number of likely N-dealkylation sites (tertiary alicyclic amines) is 1. The van der Waals surface area contributed by atoms with Crippen LogP contribution < -0.4 is 5.32 Å². The number of esters is 2. The largest absolute Gasteiger partial charge is 0.402 e. The van der Waals surface area contributed by atoms with Gasteiger partial charge in [0.15, 0.2) is 11.9 Å². The van der Waals surface area contributed by atoms with Gasteiger partial charge in [-0.25, -0.2) is 14.5 Å². The summed E-state index contributed by atoms with van der Waals surface area (Å²) in [6, 6.07) is 12.8. The number of rotatable bonds is 5. The summed E-state index contributed by atoms with van der Waals surface area (Å²) in [5.41, 5.74) is 1.65. The monoisotopic (exact) mass is 456 g/mol. The Kier molecular flexibility index (Phi) is 6.01. The summed E-state index contributed by atoms with van der Waals surface area (Å²) in [5, 5.41) is 14.7. The van der Waals surface area contributed by atoms with Crippen molar-refractivity contribution in [2.24, 2.45) is 0 Å². The SMILES string of the molecule is CCN1CC(Nc2ccc(C(=O)c3ccc(Cl)cc3)cc2)C(O)C12OC(=O)C=CC(=O)O2. The maximum absolute atomic E-state index is 12.6. The van der Waals surface area contributed by atoms with Crippen molar-refractivity contribution in [3.63, 3.8) is 0 Å². The molecule has 2 aliphatic rings. The Morgan fingerprint density at radius 1 is 1.06 bits per heavy atom. The number of aliphatic hydroxyl groups excluding tert-OH is 1. The van der Waals surface area contributed by atoms with E-state index in [2.05, 4.69) is 5.32 Å². The van der Waals surface area contributed by atoms with Crippen molar-refractivity contribution in [2.45, 2.75) is 25.0 Å². The third-order valence-corrected chi connectivity index (χ3v) is 5.70. The van der Waals surface area contributed by atoms with Crippen LogP contribution in [0.2, 0.25) is 5.02 Å². The van der Waals surface area contributed by atoms with Crippen LogP contribution in [0.3, 0.4) is 0 Å². The van der Waals surface area contributed by atoms with Crippen LogP contribution in [0.1, 0.15) is 22.8 Å². The molecule has 32 heavy (non-hydrogen) atoms. The van der Waals surface area contributed by atoms with Crippen LogP contribution in [0.15, 0.2) is 60.7 Å². The molecule has 2 atom stereocenters. The molecule has 2 aliphatic heterocycles. The minimum Gasteiger partial charge on any atom is -0.402 e. The molecule has 0 saturated carbocycles. The van der Waals surface area contributed by atoms with Crippen molar-refractivity contribution >= 4 is 35.0 Å². The highest BCUT2D eigenvalue weighted by Crippen LogP contribution is 2.35. The van der Waals surface area contributed by atoms with Gasteiger partial charge in [0, 0.05) is 47.1 Å². The van der Waals surface area contributed by atoms with E-state index in [0.29, 0.717) is 28.4 Å². The third kappa shape index (κ3) is 4.12. The summed E-state index contributed by atoms with van der Waals surface area (Å²) in [6.45, 7) is 2.42. The Morgan fingerprint density at radius 2 is 1.59 bits per heavy atom. The second-order valence-corrected chi connectivity index (χ2v) is 7.89. The second-order valence-electron chi connectivity index (χ2n) is 7.45. The molecule has 0 aliphatic carbocycles. The number of carbonyl (C=O) groups is 3. The van der Waals surface area contributed by atoms with Gasteiger partial charge in [-0.05, 0) is 48.5 Å². The van der Waals surface area contributed by atoms with E-state index in [0.717, 1.165) is 12.2 Å². The zero-order valence-corrected chi connectivity index (χ0v) is 17.9. The molecule has 1 spiro atoms. The zero-order chi connectivity index (χ0) is 22.9. The number of ether oxygens (including phenoxy) is 2. The molecular weight excluding hydrogens is 436 g/mol. The highest BCUT2D eigenvalue weighted by Gasteiger charge is 2.60. The minimum absolute atomic E-state index is 0.144. The van der Waals surface area contributed by atoms with Gasteiger partial charge < -0.3 is 19.9 Å². The number of halogens is 1. The van der Waals surface area contributed by atoms with Crippen LogP contribution in [-0.4, -0.2) is 58.9 Å². The Morgan fingerprint density at radius 3 is 2.12 bits per heavy atom. The van der Waals surface area contributed by atoms with Gasteiger partial charge in [0.1, 0.15) is 0 Å². The number of nitrogens with one attached hydrogen (secondary N) is 1. The highest BCUT2D eigenvalue weighted by molar-refractivity contribution is 6.30. The first kappa shape index (κ1) is 22.0. The molecule has 0 bridgehead atoms. The van der Waals surface area contributed by atoms with Crippen molar-refractivity contribution in [3.05, 3.63) is 76.8 Å². The smallest absolute Gasteiger partial charge is 0.350 e. The number of anilines is 1. The molecule has 2 heterocycles. The molecule has 1 fully saturated rings. The molecular formula is C23H21ClN2O6. The molecule has 0 radical (unpaired) electrons. The fourth-order valence-corrected chi connectivity index (χ4v) is 3.97. The third-order valence-electron chi connectivity index (χ3n) is 5.45. The summed E-state index contributed by atoms with van der Waals surface area (Å²) in [5.74, 6) is -3.61. The lowest BCUT2D eigenvalue weighted by atomic mass is 10.0. The Bertz CT molecular complexity index is 1050. The Hall–Kier alpha value is -3.20. The van der Waals surface area contributed by atoms with E-state index in [4.69, 9.17) is 21.1 Å². The lowest BCUT2D eigenvalue weighted by Gasteiger charge is -2.36. The Labute approximate surface area is 189 Å². The average Bonchev–Trinajstić information content (AvgIpc) is 2.92. The minimum atomic E-state index is -1.91. The Balaban J connectivity index is 1.50. The van der Waals surface area contributed by atoms with Crippen molar-refractivity contribution < 1.29 is 29.0 Å². The van der Waals surface area contributed by atoms with Gasteiger partial charge in [0.2, 0.25) is 0 Å². The van der Waals surface area contributed by atoms with Crippen molar-refractivity contribution in [3.8, 4) is 0 Å². The van der Waals surface area contributed by atoms with Gasteiger partial charge in [0.05, 0.1) is 6.04 Å². The number of carbonyl (C=O) groups excluding carboxylic acids is 3. The predicted octanol–water partition coefficient (Wildman–Crippen LogP) is 2.36. The number of hydrogen-bond acceptors (Lipinski definition) is 8. The first-order valence-electron chi connectivity index (χ1n) is 10.1. The normalized spacial score (nSPS) is 22.3. The summed E-state index contributed by atoms with van der Waals surface area (Å²) in [7, 11) is 0. The van der Waals surface area contributed by atoms with Crippen LogP contribution in [0.4, 0.5) is 5.69 Å². The molecule has 166 valence electrons. The molecule has 2 aromatic carbocycles. The molecule has 9 heteroatoms. The second kappa shape index (κ2) is 8.74. The zero-order valence-electron chi connectivity index (χ0n) is 17.2. The fourth-order valence-electron chi connectivity index (χ4n) is 3.84. The molecule has 4 rings (SSSR count). The van der Waals surface area contributed by atoms with Gasteiger partial charge in [-0.2, -0.15) is 0 Å². The first-order valence-corrected chi connectivity index (χ1v) is 10.4. The van der Waals surface area contributed by atoms with Crippen LogP contribution in [0, 0.1) is 0 Å². The first-order chi connectivity index (χ1) is 15.3. The number of benzene rings is 2. The highest BCUT2D eigenvalue weighted by atomic mass is 35.5. The standard InChI is InChI=1S/C23H21ClN2O6/c1-2-26-13-18(22(30)23(26)31-19(27)11-12-20(28)32-23)25-17-9-5-15(6-10-17)21(29)14-3-7-16(24)8-4-14/h3-12,18,22,25,30H,2,13H2,1H3. The van der Waals surface area contributed by atoms with Crippen molar-refractivity contribution in [1.82, 2.24) is 4.90 Å². The lowest BCUT2D eigenvalue weighted by Crippen LogP contribution is -2.57. The van der Waals surface area contributed by atoms with E-state index in [-0.39, 0.29) is 12.3 Å². The molecule has 1 saturated heterocycles. The van der Waals surface area contributed by atoms with E-state index in [1.807, 2.05) is 0 Å². The molecule has 2 aromatic rings. The number of hydrogen-bond donors (Lipinski definition) is 2. The van der Waals surface area contributed by atoms with E-state index in [1.165, 1.54) is 0 Å². The van der Waals surface area contributed by atoms with Crippen molar-refractivity contribution in [1.29, 1.82) is 0 Å². The van der Waals surface area contributed by atoms with Crippen LogP contribution >= 0.6 is 11.6 Å². The number of nitrogens with zero attached hydrogens (tertiary/aromatic N) is 1. The van der Waals surface area contributed by atoms with E-state index in [9.17, 15) is 19.5 Å². The summed E-state index contributed by atoms with van der Waals surface area (Å²) >= 11 is 5.87. The quantitative estimate of drug-likeness (QED) is 0.522. The van der Waals surface area contributed by atoms with Crippen molar-refractivity contribution in [2.75, 3.05) is 18.4 Å². The van der Waals surface area contributed by atoms with Crippen LogP contribution in [0.5, 0.6) is 0 Å². The predicted molar refractivity (Wildman–Crippen MR) is 116 cm³/mol. The fraction of sp³-hybridized carbons (Fsp3) is 0.261. The summed E-state index contributed by atoms with van der Waals surface area (Å²) in [6.07, 6.45) is 0.592. The average molecular weight is 457 g/mol. The number of likely N-dealkylation sites (N-methyl/N-ethyl adjacent to an activating group) is 1. The molecule has 0 aromatic heterocycles. The van der Waals surface area contributed by atoms with Crippen LogP contribution in [0.25, 0.3) is 0 Å². The van der Waals surface area contributed by atoms with E-state index >= 15 is 0 Å². The van der Waals surface area contributed by atoms with Gasteiger partial charge in [0.25, 0.3) is 0 Å². The lowest BCUT2D eigenvalue weighted by molar-refractivity contribution is -0.297. The molecule has 0 amide bonds. The van der Waals surface area contributed by atoms with Gasteiger partial charge in [-0.3, -0.25) is 4.79 Å².